The van der Waals surface area contributed by atoms with Crippen LogP contribution < -0.4 is 10.0 Å². The highest BCUT2D eigenvalue weighted by molar-refractivity contribution is 7.92. The van der Waals surface area contributed by atoms with Crippen molar-refractivity contribution in [1.29, 1.82) is 0 Å². The highest BCUT2D eigenvalue weighted by Gasteiger charge is 2.33. The normalized spacial score (nSPS) is 12.8. The van der Waals surface area contributed by atoms with Crippen molar-refractivity contribution in [2.45, 2.75) is 25.6 Å². The first-order valence-electron chi connectivity index (χ1n) is 10.2. The Kier molecular flexibility index (Phi) is 7.89. The minimum absolute atomic E-state index is 0.0867. The molecule has 0 aliphatic carbocycles. The van der Waals surface area contributed by atoms with Crippen molar-refractivity contribution in [3.05, 3.63) is 82.0 Å². The summed E-state index contributed by atoms with van der Waals surface area (Å²) in [5.41, 5.74) is -1.86. The quantitative estimate of drug-likeness (QED) is 0.383. The van der Waals surface area contributed by atoms with E-state index in [9.17, 15) is 35.2 Å². The molecule has 6 nitrogen and oxygen atoms in total. The number of hydrogen-bond donors (Lipinski definition) is 2. The molecule has 3 rings (SSSR count). The molecule has 1 aromatic heterocycles. The minimum Gasteiger partial charge on any atom is -0.351 e. The van der Waals surface area contributed by atoms with E-state index in [1.54, 1.807) is 0 Å². The second-order valence-corrected chi connectivity index (χ2v) is 10.0. The molecule has 3 aromatic rings. The summed E-state index contributed by atoms with van der Waals surface area (Å²) in [5.74, 6) is -3.40. The van der Waals surface area contributed by atoms with Crippen molar-refractivity contribution in [3.8, 4) is 11.3 Å². The molecule has 0 spiro atoms. The SMILES string of the molecule is C[C@H](C(=O)NCc1ccc(C(F)(F)F)nc1-c1cccc(Cl)c1F)c1ccc(NS(C)(=O)=O)c(F)c1. The van der Waals surface area contributed by atoms with E-state index in [-0.39, 0.29) is 39.6 Å². The lowest BCUT2D eigenvalue weighted by Crippen LogP contribution is -2.28. The van der Waals surface area contributed by atoms with E-state index in [1.807, 2.05) is 4.72 Å². The van der Waals surface area contributed by atoms with E-state index < -0.39 is 45.4 Å². The van der Waals surface area contributed by atoms with Gasteiger partial charge in [-0.15, -0.1) is 0 Å². The fraction of sp³-hybridized carbons (Fsp3) is 0.217. The Morgan fingerprint density at radius 3 is 2.42 bits per heavy atom. The average molecular weight is 548 g/mol. The second-order valence-electron chi connectivity index (χ2n) is 7.86. The third-order valence-electron chi connectivity index (χ3n) is 5.11. The van der Waals surface area contributed by atoms with Crippen LogP contribution in [0.2, 0.25) is 5.02 Å². The number of nitrogens with one attached hydrogen (secondary N) is 2. The van der Waals surface area contributed by atoms with Crippen LogP contribution in [0.4, 0.5) is 27.6 Å². The van der Waals surface area contributed by atoms with Gasteiger partial charge in [-0.1, -0.05) is 29.8 Å². The van der Waals surface area contributed by atoms with E-state index >= 15 is 0 Å². The van der Waals surface area contributed by atoms with Crippen molar-refractivity contribution >= 4 is 33.2 Å². The fourth-order valence-corrected chi connectivity index (χ4v) is 4.02. The number of anilines is 1. The van der Waals surface area contributed by atoms with Gasteiger partial charge in [-0.05, 0) is 48.4 Å². The lowest BCUT2D eigenvalue weighted by Gasteiger charge is -2.17. The topological polar surface area (TPSA) is 88.2 Å². The highest BCUT2D eigenvalue weighted by Crippen LogP contribution is 2.34. The average Bonchev–Trinajstić information content (AvgIpc) is 2.78. The number of aromatic nitrogens is 1. The Morgan fingerprint density at radius 2 is 1.81 bits per heavy atom. The number of halogens is 6. The van der Waals surface area contributed by atoms with E-state index in [0.29, 0.717) is 6.07 Å². The van der Waals surface area contributed by atoms with Gasteiger partial charge in [-0.2, -0.15) is 13.2 Å². The molecular weight excluding hydrogens is 529 g/mol. The maximum Gasteiger partial charge on any atom is 0.433 e. The van der Waals surface area contributed by atoms with Crippen LogP contribution in [0.3, 0.4) is 0 Å². The summed E-state index contributed by atoms with van der Waals surface area (Å²) in [6.07, 6.45) is -3.93. The Hall–Kier alpha value is -3.25. The van der Waals surface area contributed by atoms with Crippen LogP contribution in [-0.2, 0) is 27.5 Å². The van der Waals surface area contributed by atoms with Crippen LogP contribution in [-0.4, -0.2) is 25.6 Å². The van der Waals surface area contributed by atoms with Gasteiger partial charge in [-0.3, -0.25) is 9.52 Å². The number of hydrogen-bond acceptors (Lipinski definition) is 4. The Bertz CT molecular complexity index is 1410. The molecule has 0 radical (unpaired) electrons. The van der Waals surface area contributed by atoms with Crippen LogP contribution in [0, 0.1) is 11.6 Å². The predicted octanol–water partition coefficient (Wildman–Crippen LogP) is 5.49. The van der Waals surface area contributed by atoms with Crippen molar-refractivity contribution < 1.29 is 35.2 Å². The second kappa shape index (κ2) is 10.4. The van der Waals surface area contributed by atoms with E-state index in [2.05, 4.69) is 10.3 Å². The van der Waals surface area contributed by atoms with Gasteiger partial charge >= 0.3 is 6.18 Å². The fourth-order valence-electron chi connectivity index (χ4n) is 3.28. The monoisotopic (exact) mass is 547 g/mol. The van der Waals surface area contributed by atoms with Crippen LogP contribution >= 0.6 is 11.6 Å². The standard InChI is InChI=1S/C23H19ClF5N3O3S/c1-12(13-6-8-18(17(25)10-13)32-36(2,34)35)22(33)30-11-14-7-9-19(23(27,28)29)31-21(14)15-4-3-5-16(24)20(15)26/h3-10,12,32H,11H2,1-2H3,(H,30,33)/t12-/m0/s1. The minimum atomic E-state index is -4.79. The first-order chi connectivity index (χ1) is 16.7. The molecule has 192 valence electrons. The number of carbonyl (C=O) groups is 1. The molecular formula is C23H19ClF5N3O3S. The lowest BCUT2D eigenvalue weighted by molar-refractivity contribution is -0.141. The maximum absolute atomic E-state index is 14.6. The molecule has 1 amide bonds. The van der Waals surface area contributed by atoms with Gasteiger partial charge in [0.1, 0.15) is 11.5 Å². The summed E-state index contributed by atoms with van der Waals surface area (Å²) in [5, 5.41) is 2.21. The van der Waals surface area contributed by atoms with Gasteiger partial charge in [0.05, 0.1) is 28.6 Å². The van der Waals surface area contributed by atoms with Crippen molar-refractivity contribution in [2.75, 3.05) is 11.0 Å². The van der Waals surface area contributed by atoms with Crippen LogP contribution in [0.15, 0.2) is 48.5 Å². The zero-order chi connectivity index (χ0) is 26.8. The maximum atomic E-state index is 14.6. The largest absolute Gasteiger partial charge is 0.433 e. The molecule has 0 aliphatic heterocycles. The third kappa shape index (κ3) is 6.49. The molecule has 0 unspecified atom stereocenters. The molecule has 0 saturated heterocycles. The summed E-state index contributed by atoms with van der Waals surface area (Å²) < 4.78 is 93.2. The predicted molar refractivity (Wildman–Crippen MR) is 125 cm³/mol. The van der Waals surface area contributed by atoms with Gasteiger partial charge in [-0.25, -0.2) is 22.2 Å². The number of pyridine rings is 1. The zero-order valence-corrected chi connectivity index (χ0v) is 20.3. The molecule has 0 bridgehead atoms. The molecule has 0 fully saturated rings. The van der Waals surface area contributed by atoms with Crippen LogP contribution in [0.1, 0.15) is 29.7 Å². The van der Waals surface area contributed by atoms with Gasteiger partial charge < -0.3 is 5.32 Å². The van der Waals surface area contributed by atoms with Gasteiger partial charge in [0.25, 0.3) is 0 Å². The first-order valence-corrected chi connectivity index (χ1v) is 12.5. The van der Waals surface area contributed by atoms with Crippen LogP contribution in [0.5, 0.6) is 0 Å². The summed E-state index contributed by atoms with van der Waals surface area (Å²) in [6, 6.07) is 9.08. The molecule has 13 heteroatoms. The van der Waals surface area contributed by atoms with E-state index in [0.717, 1.165) is 24.5 Å². The number of alkyl halides is 3. The summed E-state index contributed by atoms with van der Waals surface area (Å²) in [4.78, 5) is 16.3. The third-order valence-corrected chi connectivity index (χ3v) is 5.99. The molecule has 0 saturated carbocycles. The molecule has 36 heavy (non-hydrogen) atoms. The highest BCUT2D eigenvalue weighted by atomic mass is 35.5. The van der Waals surface area contributed by atoms with Gasteiger partial charge in [0.15, 0.2) is 5.82 Å². The van der Waals surface area contributed by atoms with Crippen molar-refractivity contribution in [2.24, 2.45) is 0 Å². The number of sulfonamides is 1. The smallest absolute Gasteiger partial charge is 0.351 e. The molecule has 0 aliphatic rings. The zero-order valence-electron chi connectivity index (χ0n) is 18.8. The number of amides is 1. The summed E-state index contributed by atoms with van der Waals surface area (Å²) >= 11 is 5.78. The van der Waals surface area contributed by atoms with Crippen molar-refractivity contribution in [1.82, 2.24) is 10.3 Å². The van der Waals surface area contributed by atoms with E-state index in [4.69, 9.17) is 11.6 Å². The van der Waals surface area contributed by atoms with Gasteiger partial charge in [0.2, 0.25) is 15.9 Å². The van der Waals surface area contributed by atoms with Gasteiger partial charge in [0, 0.05) is 12.1 Å². The van der Waals surface area contributed by atoms with Crippen LogP contribution in [0.25, 0.3) is 11.3 Å². The number of benzene rings is 2. The summed E-state index contributed by atoms with van der Waals surface area (Å²) in [6.45, 7) is 1.14. The number of rotatable bonds is 7. The first kappa shape index (κ1) is 27.3. The Morgan fingerprint density at radius 1 is 1.11 bits per heavy atom. The number of carbonyl (C=O) groups excluding carboxylic acids is 1. The Labute approximate surface area is 208 Å². The Balaban J connectivity index is 1.86. The molecule has 1 atom stereocenters. The lowest BCUT2D eigenvalue weighted by atomic mass is 9.99. The summed E-state index contributed by atoms with van der Waals surface area (Å²) in [7, 11) is -3.71. The molecule has 1 heterocycles. The van der Waals surface area contributed by atoms with Crippen molar-refractivity contribution in [3.63, 3.8) is 0 Å². The molecule has 2 N–H and O–H groups in total. The molecule has 2 aromatic carbocycles. The van der Waals surface area contributed by atoms with E-state index in [1.165, 1.54) is 31.2 Å². The number of nitrogens with zero attached hydrogens (tertiary/aromatic N) is 1.